The van der Waals surface area contributed by atoms with Crippen LogP contribution in [-0.2, 0) is 4.28 Å². The minimum absolute atomic E-state index is 0.141. The third kappa shape index (κ3) is 3.27. The van der Waals surface area contributed by atoms with Crippen LogP contribution >= 0.6 is 12.0 Å². The molecule has 0 saturated heterocycles. The van der Waals surface area contributed by atoms with Crippen LogP contribution in [0.15, 0.2) is 23.1 Å². The largest absolute Gasteiger partial charge is 0.306 e. The molecular weight excluding hydrogens is 258 g/mol. The number of rotatable bonds is 5. The maximum Gasteiger partial charge on any atom is 0.306 e. The number of hydrogen-bond donors (Lipinski definition) is 0. The fraction of sp³-hybridized carbons (Fsp3) is 0. The molecule has 0 aromatic heterocycles. The number of nitrogens with zero attached hydrogens (tertiary/aromatic N) is 3. The van der Waals surface area contributed by atoms with E-state index in [1.54, 1.807) is 0 Å². The maximum absolute atomic E-state index is 10.6. The van der Waals surface area contributed by atoms with Gasteiger partial charge < -0.3 is 0 Å². The fourth-order valence-corrected chi connectivity index (χ4v) is 1.39. The van der Waals surface area contributed by atoms with Gasteiger partial charge in [-0.15, -0.1) is 10.1 Å². The predicted molar refractivity (Wildman–Crippen MR) is 53.7 cm³/mol. The molecular formula is C6H3N3O7S. The highest BCUT2D eigenvalue weighted by atomic mass is 32.2. The molecule has 17 heavy (non-hydrogen) atoms. The second-order valence-electron chi connectivity index (χ2n) is 2.55. The minimum atomic E-state index is -1.14. The standard InChI is InChI=1S/C6H3N3O7S/c10-7(11)4-1-2-6(17-16-9(14)15)5(3-4)8(12)13/h1-3H. The highest BCUT2D eigenvalue weighted by molar-refractivity contribution is 7.94. The van der Waals surface area contributed by atoms with E-state index < -0.39 is 26.3 Å². The third-order valence-corrected chi connectivity index (χ3v) is 2.26. The number of nitro groups is 2. The van der Waals surface area contributed by atoms with Crippen LogP contribution in [-0.4, -0.2) is 14.9 Å². The van der Waals surface area contributed by atoms with Crippen molar-refractivity contribution in [2.75, 3.05) is 0 Å². The van der Waals surface area contributed by atoms with E-state index in [4.69, 9.17) is 0 Å². The first-order chi connectivity index (χ1) is 7.91. The van der Waals surface area contributed by atoms with Crippen molar-refractivity contribution in [3.8, 4) is 0 Å². The molecule has 0 N–H and O–H groups in total. The maximum atomic E-state index is 10.6. The van der Waals surface area contributed by atoms with Crippen molar-refractivity contribution in [1.82, 2.24) is 0 Å². The Morgan fingerprint density at radius 2 is 1.71 bits per heavy atom. The van der Waals surface area contributed by atoms with Crippen LogP contribution in [0, 0.1) is 30.3 Å². The topological polar surface area (TPSA) is 139 Å². The first kappa shape index (κ1) is 12.6. The summed E-state index contributed by atoms with van der Waals surface area (Å²) in [6.07, 6.45) is 0. The SMILES string of the molecule is O=[N+]([O-])OSc1ccc([N+](=O)[O-])cc1[N+](=O)[O-]. The summed E-state index contributed by atoms with van der Waals surface area (Å²) < 4.78 is 3.88. The number of benzene rings is 1. The summed E-state index contributed by atoms with van der Waals surface area (Å²) in [4.78, 5) is 29.0. The molecule has 0 fully saturated rings. The molecule has 11 heteroatoms. The molecule has 0 aliphatic rings. The van der Waals surface area contributed by atoms with E-state index in [2.05, 4.69) is 4.28 Å². The molecule has 0 amide bonds. The highest BCUT2D eigenvalue weighted by Gasteiger charge is 2.20. The van der Waals surface area contributed by atoms with E-state index in [-0.39, 0.29) is 16.9 Å². The quantitative estimate of drug-likeness (QED) is 0.443. The monoisotopic (exact) mass is 261 g/mol. The molecule has 10 nitrogen and oxygen atoms in total. The number of non-ortho nitro benzene ring substituents is 1. The highest BCUT2D eigenvalue weighted by Crippen LogP contribution is 2.32. The summed E-state index contributed by atoms with van der Waals surface area (Å²) in [6, 6.07) is 2.69. The molecule has 0 radical (unpaired) electrons. The Hall–Kier alpha value is -2.43. The van der Waals surface area contributed by atoms with Crippen molar-refractivity contribution in [3.05, 3.63) is 48.5 Å². The van der Waals surface area contributed by atoms with Gasteiger partial charge >= 0.3 is 5.09 Å². The average Bonchev–Trinajstić information content (AvgIpc) is 2.25. The van der Waals surface area contributed by atoms with Gasteiger partial charge in [0.1, 0.15) is 4.90 Å². The van der Waals surface area contributed by atoms with Crippen LogP contribution in [0.2, 0.25) is 0 Å². The Balaban J connectivity index is 3.08. The lowest BCUT2D eigenvalue weighted by molar-refractivity contribution is -0.707. The summed E-state index contributed by atoms with van der Waals surface area (Å²) in [5.74, 6) is 0. The van der Waals surface area contributed by atoms with Gasteiger partial charge in [0.05, 0.1) is 28.0 Å². The third-order valence-electron chi connectivity index (χ3n) is 1.54. The van der Waals surface area contributed by atoms with Crippen molar-refractivity contribution in [2.24, 2.45) is 0 Å². The summed E-state index contributed by atoms with van der Waals surface area (Å²) in [5.41, 5.74) is -1.12. The van der Waals surface area contributed by atoms with E-state index in [0.29, 0.717) is 6.07 Å². The lowest BCUT2D eigenvalue weighted by Crippen LogP contribution is -1.96. The predicted octanol–water partition coefficient (Wildman–Crippen LogP) is 1.72. The molecule has 0 atom stereocenters. The molecule has 0 aliphatic carbocycles. The van der Waals surface area contributed by atoms with E-state index in [1.165, 1.54) is 0 Å². The molecule has 1 rings (SSSR count). The van der Waals surface area contributed by atoms with E-state index >= 15 is 0 Å². The van der Waals surface area contributed by atoms with Crippen LogP contribution < -0.4 is 0 Å². The van der Waals surface area contributed by atoms with Crippen LogP contribution in [0.3, 0.4) is 0 Å². The molecule has 0 saturated carbocycles. The Bertz CT molecular complexity index is 490. The van der Waals surface area contributed by atoms with Crippen molar-refractivity contribution in [3.63, 3.8) is 0 Å². The van der Waals surface area contributed by atoms with Gasteiger partial charge in [0.15, 0.2) is 0 Å². The molecule has 1 aromatic carbocycles. The zero-order chi connectivity index (χ0) is 13.0. The van der Waals surface area contributed by atoms with Crippen molar-refractivity contribution in [2.45, 2.75) is 4.90 Å². The van der Waals surface area contributed by atoms with Crippen LogP contribution in [0.1, 0.15) is 0 Å². The van der Waals surface area contributed by atoms with Gasteiger partial charge in [0.25, 0.3) is 11.4 Å². The van der Waals surface area contributed by atoms with E-state index in [9.17, 15) is 30.3 Å². The summed E-state index contributed by atoms with van der Waals surface area (Å²) in [7, 11) is 0. The van der Waals surface area contributed by atoms with Gasteiger partial charge in [-0.2, -0.15) is 0 Å². The Morgan fingerprint density at radius 1 is 1.06 bits per heavy atom. The smallest absolute Gasteiger partial charge is 0.258 e. The molecule has 0 aliphatic heterocycles. The van der Waals surface area contributed by atoms with E-state index in [1.807, 2.05) is 0 Å². The molecule has 90 valence electrons. The second-order valence-corrected chi connectivity index (χ2v) is 3.30. The first-order valence-electron chi connectivity index (χ1n) is 3.83. The Morgan fingerprint density at radius 3 is 2.18 bits per heavy atom. The van der Waals surface area contributed by atoms with Crippen LogP contribution in [0.4, 0.5) is 11.4 Å². The zero-order valence-corrected chi connectivity index (χ0v) is 8.66. The van der Waals surface area contributed by atoms with Crippen LogP contribution in [0.5, 0.6) is 0 Å². The van der Waals surface area contributed by atoms with Gasteiger partial charge in [-0.1, -0.05) is 0 Å². The zero-order valence-electron chi connectivity index (χ0n) is 7.84. The molecule has 0 bridgehead atoms. The van der Waals surface area contributed by atoms with Gasteiger partial charge in [-0.05, 0) is 6.07 Å². The Labute approximate surface area is 96.8 Å². The second kappa shape index (κ2) is 5.07. The average molecular weight is 261 g/mol. The molecule has 0 unspecified atom stereocenters. The minimum Gasteiger partial charge on any atom is -0.258 e. The van der Waals surface area contributed by atoms with Crippen molar-refractivity contribution < 1.29 is 19.2 Å². The number of nitro benzene ring substituents is 2. The van der Waals surface area contributed by atoms with Gasteiger partial charge in [-0.25, -0.2) is 4.28 Å². The first-order valence-corrected chi connectivity index (χ1v) is 4.58. The molecule has 0 heterocycles. The summed E-state index contributed by atoms with van der Waals surface area (Å²) >= 11 is 0.141. The molecule has 1 aromatic rings. The molecule has 0 spiro atoms. The van der Waals surface area contributed by atoms with Crippen molar-refractivity contribution in [1.29, 1.82) is 0 Å². The van der Waals surface area contributed by atoms with Gasteiger partial charge in [0.2, 0.25) is 0 Å². The summed E-state index contributed by atoms with van der Waals surface area (Å²) in [6.45, 7) is 0. The fourth-order valence-electron chi connectivity index (χ4n) is 0.903. The van der Waals surface area contributed by atoms with Gasteiger partial charge in [-0.3, -0.25) is 20.2 Å². The van der Waals surface area contributed by atoms with Gasteiger partial charge in [0, 0.05) is 6.07 Å². The lowest BCUT2D eigenvalue weighted by atomic mass is 10.3. The number of hydrogen-bond acceptors (Lipinski definition) is 8. The summed E-state index contributed by atoms with van der Waals surface area (Å²) in [5, 5.41) is 29.7. The normalized spacial score (nSPS) is 9.65. The lowest BCUT2D eigenvalue weighted by Gasteiger charge is -1.99. The Kier molecular flexibility index (Phi) is 3.77. The van der Waals surface area contributed by atoms with Crippen molar-refractivity contribution >= 4 is 23.4 Å². The van der Waals surface area contributed by atoms with Crippen LogP contribution in [0.25, 0.3) is 0 Å². The van der Waals surface area contributed by atoms with E-state index in [0.717, 1.165) is 12.1 Å².